The van der Waals surface area contributed by atoms with E-state index in [0.717, 1.165) is 74.6 Å². The molecule has 5 rings (SSSR count). The zero-order valence-electron chi connectivity index (χ0n) is 19.3. The highest BCUT2D eigenvalue weighted by Crippen LogP contribution is 2.41. The molecule has 33 heavy (non-hydrogen) atoms. The van der Waals surface area contributed by atoms with Gasteiger partial charge >= 0.3 is 0 Å². The number of ether oxygens (including phenoxy) is 1. The number of nitrogens with zero attached hydrogens (tertiary/aromatic N) is 5. The molecule has 9 heteroatoms. The van der Waals surface area contributed by atoms with Crippen LogP contribution >= 0.6 is 0 Å². The Morgan fingerprint density at radius 3 is 2.82 bits per heavy atom. The Labute approximate surface area is 193 Å². The molecule has 3 aromatic rings. The molecule has 0 radical (unpaired) electrons. The number of hydrogen-bond acceptors (Lipinski definition) is 7. The van der Waals surface area contributed by atoms with Gasteiger partial charge in [-0.2, -0.15) is 5.10 Å². The van der Waals surface area contributed by atoms with Crippen LogP contribution < -0.4 is 15.4 Å². The van der Waals surface area contributed by atoms with Crippen molar-refractivity contribution in [2.45, 2.75) is 18.8 Å². The quantitative estimate of drug-likeness (QED) is 0.510. The highest BCUT2D eigenvalue weighted by molar-refractivity contribution is 6.06. The molecule has 174 valence electrons. The number of aromatic nitrogens is 3. The van der Waals surface area contributed by atoms with Crippen molar-refractivity contribution in [2.75, 3.05) is 64.1 Å². The Bertz CT molecular complexity index is 1140. The number of hydrogen-bond donors (Lipinski definition) is 2. The first-order chi connectivity index (χ1) is 16.2. The zero-order valence-corrected chi connectivity index (χ0v) is 19.3. The Kier molecular flexibility index (Phi) is 6.15. The van der Waals surface area contributed by atoms with Crippen LogP contribution in [-0.2, 0) is 4.79 Å². The molecule has 4 heterocycles. The van der Waals surface area contributed by atoms with Gasteiger partial charge in [0.15, 0.2) is 5.75 Å². The zero-order chi connectivity index (χ0) is 22.8. The molecular formula is C24H31N7O2. The SMILES string of the molecule is COc1c(NCCCCN2CCN(C)CC2)cn2ncnc(C3C(=O)Nc4ccccc43)c12. The van der Waals surface area contributed by atoms with Crippen LogP contribution in [0.25, 0.3) is 5.52 Å². The monoisotopic (exact) mass is 449 g/mol. The summed E-state index contributed by atoms with van der Waals surface area (Å²) in [6, 6.07) is 7.73. The fourth-order valence-electron chi connectivity index (χ4n) is 4.79. The molecule has 0 bridgehead atoms. The predicted octanol–water partition coefficient (Wildman–Crippen LogP) is 2.26. The Balaban J connectivity index is 1.31. The molecule has 0 saturated carbocycles. The summed E-state index contributed by atoms with van der Waals surface area (Å²) in [5, 5.41) is 10.8. The van der Waals surface area contributed by atoms with Gasteiger partial charge in [0.05, 0.1) is 24.7 Å². The minimum atomic E-state index is -0.494. The molecule has 0 aliphatic carbocycles. The molecule has 0 spiro atoms. The number of unbranched alkanes of at least 4 members (excludes halogenated alkanes) is 1. The lowest BCUT2D eigenvalue weighted by Crippen LogP contribution is -2.44. The maximum Gasteiger partial charge on any atom is 0.238 e. The average Bonchev–Trinajstić information content (AvgIpc) is 3.36. The van der Waals surface area contributed by atoms with Crippen molar-refractivity contribution in [3.63, 3.8) is 0 Å². The second-order valence-electron chi connectivity index (χ2n) is 8.80. The van der Waals surface area contributed by atoms with Gasteiger partial charge in [-0.1, -0.05) is 18.2 Å². The number of piperazine rings is 1. The van der Waals surface area contributed by atoms with E-state index in [1.54, 1.807) is 11.6 Å². The maximum absolute atomic E-state index is 12.8. The lowest BCUT2D eigenvalue weighted by molar-refractivity contribution is -0.116. The largest absolute Gasteiger partial charge is 0.492 e. The van der Waals surface area contributed by atoms with E-state index in [-0.39, 0.29) is 5.91 Å². The molecular weight excluding hydrogens is 418 g/mol. The van der Waals surface area contributed by atoms with Gasteiger partial charge in [-0.05, 0) is 38.1 Å². The summed E-state index contributed by atoms with van der Waals surface area (Å²) < 4.78 is 7.53. The minimum Gasteiger partial charge on any atom is -0.492 e. The smallest absolute Gasteiger partial charge is 0.238 e. The lowest BCUT2D eigenvalue weighted by atomic mass is 9.96. The molecule has 9 nitrogen and oxygen atoms in total. The summed E-state index contributed by atoms with van der Waals surface area (Å²) in [6.45, 7) is 6.59. The minimum absolute atomic E-state index is 0.0848. The second-order valence-corrected chi connectivity index (χ2v) is 8.80. The molecule has 2 aliphatic heterocycles. The van der Waals surface area contributed by atoms with Crippen molar-refractivity contribution < 1.29 is 9.53 Å². The van der Waals surface area contributed by atoms with Gasteiger partial charge in [0, 0.05) is 38.4 Å². The van der Waals surface area contributed by atoms with E-state index in [1.165, 1.54) is 6.33 Å². The fourth-order valence-corrected chi connectivity index (χ4v) is 4.79. The van der Waals surface area contributed by atoms with Crippen LogP contribution in [0, 0.1) is 0 Å². The second kappa shape index (κ2) is 9.36. The highest BCUT2D eigenvalue weighted by Gasteiger charge is 2.35. The first-order valence-electron chi connectivity index (χ1n) is 11.6. The van der Waals surface area contributed by atoms with Crippen LogP contribution in [0.15, 0.2) is 36.8 Å². The van der Waals surface area contributed by atoms with Crippen LogP contribution in [0.5, 0.6) is 5.75 Å². The molecule has 1 saturated heterocycles. The molecule has 1 atom stereocenters. The number of carbonyl (C=O) groups excluding carboxylic acids is 1. The number of likely N-dealkylation sites (N-methyl/N-ethyl adjacent to an activating group) is 1. The summed E-state index contributed by atoms with van der Waals surface area (Å²) in [6.07, 6.45) is 5.63. The van der Waals surface area contributed by atoms with E-state index in [0.29, 0.717) is 11.4 Å². The van der Waals surface area contributed by atoms with Crippen LogP contribution in [0.1, 0.15) is 30.0 Å². The molecule has 2 N–H and O–H groups in total. The van der Waals surface area contributed by atoms with Crippen LogP contribution in [0.4, 0.5) is 11.4 Å². The van der Waals surface area contributed by atoms with Crippen LogP contribution in [0.2, 0.25) is 0 Å². The third-order valence-corrected chi connectivity index (χ3v) is 6.64. The normalized spacial score (nSPS) is 19.0. The van der Waals surface area contributed by atoms with Crippen LogP contribution in [0.3, 0.4) is 0 Å². The summed E-state index contributed by atoms with van der Waals surface area (Å²) in [5.41, 5.74) is 3.98. The van der Waals surface area contributed by atoms with E-state index < -0.39 is 5.92 Å². The summed E-state index contributed by atoms with van der Waals surface area (Å²) in [4.78, 5) is 22.3. The molecule has 1 unspecified atom stereocenters. The molecule has 2 aliphatic rings. The number of anilines is 2. The van der Waals surface area contributed by atoms with E-state index >= 15 is 0 Å². The number of para-hydroxylation sites is 1. The van der Waals surface area contributed by atoms with Gasteiger partial charge in [-0.3, -0.25) is 4.79 Å². The van der Waals surface area contributed by atoms with Crippen molar-refractivity contribution in [1.29, 1.82) is 0 Å². The number of benzene rings is 1. The van der Waals surface area contributed by atoms with E-state index in [1.807, 2.05) is 30.5 Å². The van der Waals surface area contributed by atoms with Gasteiger partial charge in [0.25, 0.3) is 0 Å². The average molecular weight is 450 g/mol. The Morgan fingerprint density at radius 2 is 2.00 bits per heavy atom. The number of amides is 1. The third-order valence-electron chi connectivity index (χ3n) is 6.64. The highest BCUT2D eigenvalue weighted by atomic mass is 16.5. The summed E-state index contributed by atoms with van der Waals surface area (Å²) in [7, 11) is 3.83. The Hall–Kier alpha value is -3.17. The topological polar surface area (TPSA) is 87.0 Å². The third kappa shape index (κ3) is 4.26. The summed E-state index contributed by atoms with van der Waals surface area (Å²) >= 11 is 0. The van der Waals surface area contributed by atoms with Gasteiger partial charge in [0.2, 0.25) is 5.91 Å². The molecule has 2 aromatic heterocycles. The van der Waals surface area contributed by atoms with Crippen molar-refractivity contribution in [3.8, 4) is 5.75 Å². The lowest BCUT2D eigenvalue weighted by Gasteiger charge is -2.32. The standard InChI is InChI=1S/C24H31N7O2/c1-29-11-13-30(14-12-29)10-6-5-9-25-19-15-31-22(23(19)33-2)21(26-16-27-31)20-17-7-3-4-8-18(17)28-24(20)32/h3-4,7-8,15-16,20,25H,5-6,9-14H2,1-2H3,(H,28,32). The fraction of sp³-hybridized carbons (Fsp3) is 0.458. The van der Waals surface area contributed by atoms with Gasteiger partial charge in [-0.25, -0.2) is 9.50 Å². The number of carbonyl (C=O) groups is 1. The van der Waals surface area contributed by atoms with Crippen molar-refractivity contribution >= 4 is 22.8 Å². The van der Waals surface area contributed by atoms with E-state index in [2.05, 4.69) is 37.6 Å². The maximum atomic E-state index is 12.8. The Morgan fingerprint density at radius 1 is 1.18 bits per heavy atom. The molecule has 1 aromatic carbocycles. The van der Waals surface area contributed by atoms with Crippen molar-refractivity contribution in [3.05, 3.63) is 48.0 Å². The van der Waals surface area contributed by atoms with Crippen molar-refractivity contribution in [2.24, 2.45) is 0 Å². The van der Waals surface area contributed by atoms with E-state index in [4.69, 9.17) is 4.74 Å². The van der Waals surface area contributed by atoms with Gasteiger partial charge in [-0.15, -0.1) is 0 Å². The number of fused-ring (bicyclic) bond motifs is 2. The van der Waals surface area contributed by atoms with Crippen LogP contribution in [-0.4, -0.2) is 83.7 Å². The van der Waals surface area contributed by atoms with Gasteiger partial charge in [0.1, 0.15) is 17.8 Å². The number of methoxy groups -OCH3 is 1. The predicted molar refractivity (Wildman–Crippen MR) is 128 cm³/mol. The molecule has 1 fully saturated rings. The van der Waals surface area contributed by atoms with Gasteiger partial charge < -0.3 is 25.2 Å². The molecule has 1 amide bonds. The summed E-state index contributed by atoms with van der Waals surface area (Å²) in [5.74, 6) is 0.0901. The van der Waals surface area contributed by atoms with E-state index in [9.17, 15) is 4.79 Å². The first-order valence-corrected chi connectivity index (χ1v) is 11.6. The number of rotatable bonds is 8. The van der Waals surface area contributed by atoms with Crippen molar-refractivity contribution in [1.82, 2.24) is 24.4 Å². The first kappa shape index (κ1) is 21.7. The number of nitrogens with one attached hydrogen (secondary N) is 2.